The van der Waals surface area contributed by atoms with E-state index >= 15 is 0 Å². The van der Waals surface area contributed by atoms with E-state index in [9.17, 15) is 14.4 Å². The molecule has 0 aromatic rings. The zero-order valence-corrected chi connectivity index (χ0v) is 21.6. The Morgan fingerprint density at radius 2 is 1.91 bits per heavy atom. The topological polar surface area (TPSA) is 66.8 Å². The zero-order chi connectivity index (χ0) is 23.5. The molecule has 3 saturated carbocycles. The molecule has 0 aromatic heterocycles. The van der Waals surface area contributed by atoms with E-state index in [1.165, 1.54) is 51.4 Å². The molecule has 182 valence electrons. The number of rotatable bonds is 8. The lowest BCUT2D eigenvalue weighted by atomic mass is 9.60. The summed E-state index contributed by atoms with van der Waals surface area (Å²) >= 11 is 0. The van der Waals surface area contributed by atoms with Crippen LogP contribution in [0.4, 0.5) is 0 Å². The summed E-state index contributed by atoms with van der Waals surface area (Å²) in [5, 5.41) is 0. The normalized spacial score (nSPS) is 35.0. The Kier molecular flexibility index (Phi) is 8.69. The number of phosphoric acid groups is 1. The average Bonchev–Trinajstić information content (AvgIpc) is 3.04. The van der Waals surface area contributed by atoms with Gasteiger partial charge in [0, 0.05) is 0 Å². The summed E-state index contributed by atoms with van der Waals surface area (Å²) in [6.45, 7) is 13.9. The highest BCUT2D eigenvalue weighted by molar-refractivity contribution is 7.46. The molecule has 5 atom stereocenters. The molecule has 0 heterocycles. The van der Waals surface area contributed by atoms with Gasteiger partial charge in [-0.05, 0) is 86.0 Å². The molecule has 2 N–H and O–H groups in total. The lowest BCUT2D eigenvalue weighted by Crippen LogP contribution is -2.36. The molecule has 0 saturated heterocycles. The molecule has 0 spiro atoms. The van der Waals surface area contributed by atoms with Gasteiger partial charge in [0.25, 0.3) is 0 Å². The van der Waals surface area contributed by atoms with Crippen LogP contribution in [0.1, 0.15) is 98.3 Å². The maximum absolute atomic E-state index is 11.3. The van der Waals surface area contributed by atoms with Gasteiger partial charge in [-0.1, -0.05) is 76.8 Å². The fraction of sp³-hybridized carbons (Fsp3) is 0.778. The van der Waals surface area contributed by atoms with Crippen molar-refractivity contribution in [2.75, 3.05) is 0 Å². The molecule has 3 aliphatic rings. The second-order valence-corrected chi connectivity index (χ2v) is 12.6. The van der Waals surface area contributed by atoms with Crippen molar-refractivity contribution in [3.8, 4) is 0 Å². The molecule has 0 bridgehead atoms. The molecule has 3 rings (SSSR count). The second kappa shape index (κ2) is 10.7. The van der Waals surface area contributed by atoms with E-state index in [1.807, 2.05) is 0 Å². The van der Waals surface area contributed by atoms with Gasteiger partial charge in [-0.25, -0.2) is 4.57 Å². The first-order chi connectivity index (χ1) is 15.0. The minimum atomic E-state index is -4.45. The summed E-state index contributed by atoms with van der Waals surface area (Å²) in [6, 6.07) is 0. The summed E-state index contributed by atoms with van der Waals surface area (Å²) < 4.78 is 16.2. The number of allylic oxidation sites excluding steroid dienone is 4. The summed E-state index contributed by atoms with van der Waals surface area (Å²) in [6.07, 6.45) is 16.4. The molecule has 32 heavy (non-hydrogen) atoms. The molecule has 0 amide bonds. The van der Waals surface area contributed by atoms with Crippen LogP contribution in [0.3, 0.4) is 0 Å². The first kappa shape index (κ1) is 25.9. The number of fused-ring (bicyclic) bond motifs is 1. The molecular formula is C27H45O4P. The predicted octanol–water partition coefficient (Wildman–Crippen LogP) is 7.74. The molecule has 3 aliphatic carbocycles. The highest BCUT2D eigenvalue weighted by Gasteiger charge is 2.50. The van der Waals surface area contributed by atoms with Gasteiger partial charge in [-0.3, -0.25) is 4.52 Å². The molecule has 5 unspecified atom stereocenters. The van der Waals surface area contributed by atoms with E-state index < -0.39 is 13.9 Å². The number of hydrogen-bond donors (Lipinski definition) is 2. The van der Waals surface area contributed by atoms with Crippen LogP contribution < -0.4 is 0 Å². The minimum absolute atomic E-state index is 0.412. The first-order valence-electron chi connectivity index (χ1n) is 12.8. The van der Waals surface area contributed by atoms with Crippen molar-refractivity contribution in [1.82, 2.24) is 0 Å². The van der Waals surface area contributed by atoms with Gasteiger partial charge in [0.2, 0.25) is 0 Å². The molecule has 3 fully saturated rings. The Bertz CT molecular complexity index is 777. The third kappa shape index (κ3) is 6.47. The minimum Gasteiger partial charge on any atom is -0.303 e. The Morgan fingerprint density at radius 1 is 1.16 bits per heavy atom. The molecule has 0 radical (unpaired) electrons. The van der Waals surface area contributed by atoms with Gasteiger partial charge < -0.3 is 9.79 Å². The third-order valence-electron chi connectivity index (χ3n) is 8.62. The van der Waals surface area contributed by atoms with Gasteiger partial charge in [0.1, 0.15) is 0 Å². The second-order valence-electron chi connectivity index (χ2n) is 11.4. The Balaban J connectivity index is 1.70. The number of hydrogen-bond acceptors (Lipinski definition) is 2. The first-order valence-corrected chi connectivity index (χ1v) is 14.3. The van der Waals surface area contributed by atoms with E-state index in [4.69, 9.17) is 4.52 Å². The van der Waals surface area contributed by atoms with E-state index in [1.54, 1.807) is 5.57 Å². The molecule has 4 nitrogen and oxygen atoms in total. The van der Waals surface area contributed by atoms with E-state index in [2.05, 4.69) is 46.4 Å². The quantitative estimate of drug-likeness (QED) is 0.361. The van der Waals surface area contributed by atoms with E-state index in [-0.39, 0.29) is 0 Å². The maximum Gasteiger partial charge on any atom is 0.469 e. The van der Waals surface area contributed by atoms with Crippen molar-refractivity contribution in [3.05, 3.63) is 35.5 Å². The fourth-order valence-electron chi connectivity index (χ4n) is 6.93. The molecular weight excluding hydrogens is 419 g/mol. The van der Waals surface area contributed by atoms with Crippen LogP contribution >= 0.6 is 7.82 Å². The van der Waals surface area contributed by atoms with Crippen molar-refractivity contribution in [2.45, 2.75) is 104 Å². The standard InChI is InChI=1S/C27H45O4P/c1-19(2)8-6-9-21(4)25-15-16-26-22(10-7-17-27(25,26)5)12-13-23-18-24(14-11-20(23)3)31-32(28,29)30/h12-13,19,21,24-26H,3,6-11,14-18H2,1-2,4-5H3,(H2,28,29,30)/b22-12+,23-13-. The summed E-state index contributed by atoms with van der Waals surface area (Å²) in [7, 11) is -4.45. The highest BCUT2D eigenvalue weighted by Crippen LogP contribution is 2.60. The van der Waals surface area contributed by atoms with Gasteiger partial charge in [-0.2, -0.15) is 0 Å². The molecule has 5 heteroatoms. The Morgan fingerprint density at radius 3 is 2.59 bits per heavy atom. The zero-order valence-electron chi connectivity index (χ0n) is 20.7. The fourth-order valence-corrected chi connectivity index (χ4v) is 7.50. The van der Waals surface area contributed by atoms with Crippen LogP contribution in [-0.2, 0) is 9.09 Å². The van der Waals surface area contributed by atoms with Gasteiger partial charge >= 0.3 is 7.82 Å². The van der Waals surface area contributed by atoms with Crippen LogP contribution in [0.25, 0.3) is 0 Å². The predicted molar refractivity (Wildman–Crippen MR) is 132 cm³/mol. The van der Waals surface area contributed by atoms with Crippen LogP contribution in [0, 0.1) is 29.1 Å². The van der Waals surface area contributed by atoms with Crippen molar-refractivity contribution < 1.29 is 18.9 Å². The Labute approximate surface area is 195 Å². The van der Waals surface area contributed by atoms with Crippen molar-refractivity contribution >= 4 is 7.82 Å². The lowest BCUT2D eigenvalue weighted by molar-refractivity contribution is 0.0928. The Hall–Kier alpha value is -0.670. The van der Waals surface area contributed by atoms with Gasteiger partial charge in [0.15, 0.2) is 0 Å². The van der Waals surface area contributed by atoms with Crippen LogP contribution in [0.15, 0.2) is 35.5 Å². The summed E-state index contributed by atoms with van der Waals surface area (Å²) in [4.78, 5) is 18.3. The average molecular weight is 465 g/mol. The van der Waals surface area contributed by atoms with Gasteiger partial charge in [0.05, 0.1) is 6.10 Å². The largest absolute Gasteiger partial charge is 0.469 e. The van der Waals surface area contributed by atoms with Crippen LogP contribution in [-0.4, -0.2) is 15.9 Å². The van der Waals surface area contributed by atoms with E-state index in [0.717, 1.165) is 35.3 Å². The maximum atomic E-state index is 11.3. The van der Waals surface area contributed by atoms with Gasteiger partial charge in [-0.15, -0.1) is 0 Å². The smallest absolute Gasteiger partial charge is 0.303 e. The molecule has 0 aromatic carbocycles. The monoisotopic (exact) mass is 464 g/mol. The SMILES string of the molecule is C=C1CCC(OP(=O)(O)O)C/C1=C/C=C1\CCCC2(C)C1CCC2C(C)CCCC(C)C. The third-order valence-corrected chi connectivity index (χ3v) is 9.19. The van der Waals surface area contributed by atoms with Crippen LogP contribution in [0.5, 0.6) is 0 Å². The van der Waals surface area contributed by atoms with Crippen molar-refractivity contribution in [1.29, 1.82) is 0 Å². The van der Waals surface area contributed by atoms with Crippen molar-refractivity contribution in [2.24, 2.45) is 29.1 Å². The summed E-state index contributed by atoms with van der Waals surface area (Å²) in [5.74, 6) is 3.09. The number of phosphoric ester groups is 1. The molecule has 0 aliphatic heterocycles. The van der Waals surface area contributed by atoms with E-state index in [0.29, 0.717) is 24.2 Å². The summed E-state index contributed by atoms with van der Waals surface area (Å²) in [5.41, 5.74) is 4.16. The van der Waals surface area contributed by atoms with Crippen molar-refractivity contribution in [3.63, 3.8) is 0 Å². The highest BCUT2D eigenvalue weighted by atomic mass is 31.2. The lowest BCUT2D eigenvalue weighted by Gasteiger charge is -2.44. The van der Waals surface area contributed by atoms with Crippen LogP contribution in [0.2, 0.25) is 0 Å².